The lowest BCUT2D eigenvalue weighted by Crippen LogP contribution is -2.70. The van der Waals surface area contributed by atoms with Crippen LogP contribution in [0.2, 0.25) is 0 Å². The van der Waals surface area contributed by atoms with E-state index in [0.717, 1.165) is 37.0 Å². The summed E-state index contributed by atoms with van der Waals surface area (Å²) in [5, 5.41) is 2.88. The summed E-state index contributed by atoms with van der Waals surface area (Å²) in [6.45, 7) is 1.25. The van der Waals surface area contributed by atoms with Crippen molar-refractivity contribution in [2.24, 2.45) is 5.92 Å². The first kappa shape index (κ1) is 19.7. The number of carbonyl (C=O) groups excluding carboxylic acids is 3. The van der Waals surface area contributed by atoms with Crippen molar-refractivity contribution >= 4 is 17.7 Å². The van der Waals surface area contributed by atoms with Crippen molar-refractivity contribution in [2.75, 3.05) is 26.7 Å². The largest absolute Gasteiger partial charge is 0.497 e. The second kappa shape index (κ2) is 8.43. The zero-order chi connectivity index (χ0) is 20.4. The van der Waals surface area contributed by atoms with Gasteiger partial charge in [-0.1, -0.05) is 31.4 Å². The zero-order valence-electron chi connectivity index (χ0n) is 16.9. The highest BCUT2D eigenvalue weighted by Gasteiger charge is 2.44. The van der Waals surface area contributed by atoms with E-state index in [9.17, 15) is 14.4 Å². The summed E-state index contributed by atoms with van der Waals surface area (Å²) in [6.07, 6.45) is 5.74. The Bertz CT molecular complexity index is 773. The normalized spacial score (nSPS) is 25.4. The molecule has 1 aromatic carbocycles. The zero-order valence-corrected chi connectivity index (χ0v) is 16.9. The van der Waals surface area contributed by atoms with Gasteiger partial charge in [-0.05, 0) is 30.5 Å². The molecule has 2 aliphatic heterocycles. The van der Waals surface area contributed by atoms with E-state index in [-0.39, 0.29) is 23.6 Å². The van der Waals surface area contributed by atoms with E-state index >= 15 is 0 Å². The van der Waals surface area contributed by atoms with Gasteiger partial charge in [0.15, 0.2) is 0 Å². The number of nitrogens with zero attached hydrogens (tertiary/aromatic N) is 2. The van der Waals surface area contributed by atoms with Crippen LogP contribution in [-0.4, -0.2) is 66.3 Å². The molecule has 3 aliphatic rings. The van der Waals surface area contributed by atoms with Gasteiger partial charge in [-0.25, -0.2) is 0 Å². The van der Waals surface area contributed by atoms with Gasteiger partial charge in [0.05, 0.1) is 13.7 Å². The highest BCUT2D eigenvalue weighted by atomic mass is 16.5. The van der Waals surface area contributed by atoms with Gasteiger partial charge in [-0.3, -0.25) is 14.4 Å². The molecule has 1 aliphatic carbocycles. The van der Waals surface area contributed by atoms with Gasteiger partial charge >= 0.3 is 0 Å². The average molecular weight is 399 g/mol. The molecule has 0 spiro atoms. The van der Waals surface area contributed by atoms with Gasteiger partial charge in [0.1, 0.15) is 17.8 Å². The fraction of sp³-hybridized carbons (Fsp3) is 0.591. The fourth-order valence-electron chi connectivity index (χ4n) is 4.74. The number of methoxy groups -OCH3 is 1. The second-order valence-electron chi connectivity index (χ2n) is 8.28. The van der Waals surface area contributed by atoms with Crippen LogP contribution >= 0.6 is 0 Å². The van der Waals surface area contributed by atoms with Gasteiger partial charge < -0.3 is 19.9 Å². The lowest BCUT2D eigenvalue weighted by molar-refractivity contribution is -0.156. The Morgan fingerprint density at radius 3 is 2.52 bits per heavy atom. The molecule has 1 N–H and O–H groups in total. The van der Waals surface area contributed by atoms with Crippen molar-refractivity contribution in [3.8, 4) is 5.75 Å². The number of benzene rings is 1. The molecule has 0 aromatic heterocycles. The minimum Gasteiger partial charge on any atom is -0.497 e. The number of fused-ring (bicyclic) bond motifs is 1. The third-order valence-corrected chi connectivity index (χ3v) is 6.45. The van der Waals surface area contributed by atoms with Gasteiger partial charge in [0, 0.05) is 25.4 Å². The van der Waals surface area contributed by atoms with E-state index in [1.807, 2.05) is 24.3 Å². The van der Waals surface area contributed by atoms with Crippen LogP contribution in [0, 0.1) is 5.92 Å². The summed E-state index contributed by atoms with van der Waals surface area (Å²) in [5.74, 6) is 0.774. The van der Waals surface area contributed by atoms with Crippen LogP contribution in [0.25, 0.3) is 0 Å². The maximum atomic E-state index is 13.0. The molecule has 2 heterocycles. The fourth-order valence-corrected chi connectivity index (χ4v) is 4.74. The third kappa shape index (κ3) is 4.09. The monoisotopic (exact) mass is 399 g/mol. The molecule has 3 amide bonds. The first-order valence-corrected chi connectivity index (χ1v) is 10.6. The van der Waals surface area contributed by atoms with Crippen molar-refractivity contribution in [2.45, 2.75) is 50.6 Å². The second-order valence-corrected chi connectivity index (χ2v) is 8.28. The van der Waals surface area contributed by atoms with Gasteiger partial charge in [0.2, 0.25) is 17.7 Å². The predicted octanol–water partition coefficient (Wildman–Crippen LogP) is 1.36. The molecular formula is C22H29N3O4. The van der Waals surface area contributed by atoms with E-state index in [1.165, 1.54) is 6.42 Å². The lowest BCUT2D eigenvalue weighted by Gasteiger charge is -2.46. The van der Waals surface area contributed by atoms with Crippen molar-refractivity contribution in [1.82, 2.24) is 15.1 Å². The van der Waals surface area contributed by atoms with Crippen LogP contribution in [0.3, 0.4) is 0 Å². The summed E-state index contributed by atoms with van der Waals surface area (Å²) < 4.78 is 5.16. The molecule has 29 heavy (non-hydrogen) atoms. The van der Waals surface area contributed by atoms with Crippen LogP contribution in [0.15, 0.2) is 24.3 Å². The molecule has 2 atom stereocenters. The molecule has 0 bridgehead atoms. The maximum Gasteiger partial charge on any atom is 0.246 e. The van der Waals surface area contributed by atoms with E-state index in [4.69, 9.17) is 4.74 Å². The number of hydrogen-bond donors (Lipinski definition) is 1. The molecule has 1 aromatic rings. The summed E-state index contributed by atoms with van der Waals surface area (Å²) in [4.78, 5) is 42.1. The van der Waals surface area contributed by atoms with Crippen molar-refractivity contribution in [3.63, 3.8) is 0 Å². The SMILES string of the molecule is COc1ccc(C[C@@H]2NC(=O)[C@H]3CN(C(=O)C4CCCCC4)CCN3C2=O)cc1. The maximum absolute atomic E-state index is 13.0. The Balaban J connectivity index is 1.40. The molecule has 4 rings (SSSR count). The average Bonchev–Trinajstić information content (AvgIpc) is 2.77. The first-order chi connectivity index (χ1) is 14.1. The van der Waals surface area contributed by atoms with Crippen LogP contribution < -0.4 is 10.1 Å². The predicted molar refractivity (Wildman–Crippen MR) is 107 cm³/mol. The Labute approximate surface area is 171 Å². The third-order valence-electron chi connectivity index (χ3n) is 6.45. The molecular weight excluding hydrogens is 370 g/mol. The summed E-state index contributed by atoms with van der Waals surface area (Å²) >= 11 is 0. The van der Waals surface area contributed by atoms with Crippen LogP contribution in [0.1, 0.15) is 37.7 Å². The molecule has 7 nitrogen and oxygen atoms in total. The Morgan fingerprint density at radius 1 is 1.10 bits per heavy atom. The number of hydrogen-bond acceptors (Lipinski definition) is 4. The van der Waals surface area contributed by atoms with Crippen LogP contribution in [0.5, 0.6) is 5.75 Å². The number of piperazine rings is 2. The van der Waals surface area contributed by atoms with Crippen molar-refractivity contribution in [1.29, 1.82) is 0 Å². The van der Waals surface area contributed by atoms with E-state index in [0.29, 0.717) is 26.1 Å². The summed E-state index contributed by atoms with van der Waals surface area (Å²) in [7, 11) is 1.61. The van der Waals surface area contributed by atoms with E-state index in [1.54, 1.807) is 16.9 Å². The Morgan fingerprint density at radius 2 is 1.83 bits per heavy atom. The summed E-state index contributed by atoms with van der Waals surface area (Å²) in [6, 6.07) is 6.38. The first-order valence-electron chi connectivity index (χ1n) is 10.6. The van der Waals surface area contributed by atoms with Crippen LogP contribution in [-0.2, 0) is 20.8 Å². The quantitative estimate of drug-likeness (QED) is 0.829. The molecule has 0 radical (unpaired) electrons. The van der Waals surface area contributed by atoms with Crippen molar-refractivity contribution in [3.05, 3.63) is 29.8 Å². The topological polar surface area (TPSA) is 79.0 Å². The van der Waals surface area contributed by atoms with Gasteiger partial charge in [0.25, 0.3) is 0 Å². The molecule has 2 saturated heterocycles. The standard InChI is InChI=1S/C22H29N3O4/c1-29-17-9-7-15(8-10-17)13-18-22(28)25-12-11-24(14-19(25)20(26)23-18)21(27)16-5-3-2-4-6-16/h7-10,16,18-19H,2-6,11-14H2,1H3,(H,23,26)/t18-,19+/m0/s1. The van der Waals surface area contributed by atoms with Crippen molar-refractivity contribution < 1.29 is 19.1 Å². The number of amides is 3. The highest BCUT2D eigenvalue weighted by molar-refractivity contribution is 5.98. The molecule has 0 unspecified atom stereocenters. The summed E-state index contributed by atoms with van der Waals surface area (Å²) in [5.41, 5.74) is 0.967. The molecule has 1 saturated carbocycles. The van der Waals surface area contributed by atoms with Crippen LogP contribution in [0.4, 0.5) is 0 Å². The van der Waals surface area contributed by atoms with Gasteiger partial charge in [-0.15, -0.1) is 0 Å². The van der Waals surface area contributed by atoms with E-state index in [2.05, 4.69) is 5.32 Å². The highest BCUT2D eigenvalue weighted by Crippen LogP contribution is 2.27. The Kier molecular flexibility index (Phi) is 5.74. The van der Waals surface area contributed by atoms with E-state index < -0.39 is 12.1 Å². The minimum atomic E-state index is -0.573. The number of carbonyl (C=O) groups is 3. The van der Waals surface area contributed by atoms with Gasteiger partial charge in [-0.2, -0.15) is 0 Å². The molecule has 156 valence electrons. The molecule has 3 fully saturated rings. The lowest BCUT2D eigenvalue weighted by atomic mass is 9.88. The number of rotatable bonds is 4. The minimum absolute atomic E-state index is 0.0600. The molecule has 7 heteroatoms. The Hall–Kier alpha value is -2.57. The smallest absolute Gasteiger partial charge is 0.246 e. The number of nitrogens with one attached hydrogen (secondary N) is 1. The number of ether oxygens (including phenoxy) is 1.